The summed E-state index contributed by atoms with van der Waals surface area (Å²) in [7, 11) is 0. The van der Waals surface area contributed by atoms with Crippen molar-refractivity contribution in [3.63, 3.8) is 0 Å². The Labute approximate surface area is 142 Å². The maximum Gasteiger partial charge on any atom is 0.407 e. The quantitative estimate of drug-likeness (QED) is 0.631. The van der Waals surface area contributed by atoms with E-state index >= 15 is 0 Å². The highest BCUT2D eigenvalue weighted by atomic mass is 19.1. The molecule has 3 N–H and O–H groups in total. The molecular weight excluding hydrogens is 315 g/mol. The molecule has 0 saturated heterocycles. The van der Waals surface area contributed by atoms with Gasteiger partial charge in [0.2, 0.25) is 0 Å². The van der Waals surface area contributed by atoms with Crippen LogP contribution in [0.25, 0.3) is 0 Å². The molecule has 24 heavy (non-hydrogen) atoms. The molecule has 0 unspecified atom stereocenters. The van der Waals surface area contributed by atoms with E-state index in [1.807, 2.05) is 0 Å². The van der Waals surface area contributed by atoms with Gasteiger partial charge in [0.15, 0.2) is 0 Å². The summed E-state index contributed by atoms with van der Waals surface area (Å²) in [4.78, 5) is 11.6. The van der Waals surface area contributed by atoms with Crippen molar-refractivity contribution in [2.24, 2.45) is 0 Å². The van der Waals surface area contributed by atoms with Gasteiger partial charge < -0.3 is 25.2 Å². The van der Waals surface area contributed by atoms with Crippen LogP contribution in [0.5, 0.6) is 5.75 Å². The number of amides is 1. The van der Waals surface area contributed by atoms with Crippen LogP contribution in [0.2, 0.25) is 0 Å². The van der Waals surface area contributed by atoms with Crippen molar-refractivity contribution < 1.29 is 23.8 Å². The number of hydrogen-bond acceptors (Lipinski definition) is 5. The summed E-state index contributed by atoms with van der Waals surface area (Å²) in [5.41, 5.74) is 0.0870. The lowest BCUT2D eigenvalue weighted by Gasteiger charge is -2.22. The van der Waals surface area contributed by atoms with E-state index in [4.69, 9.17) is 14.6 Å². The second kappa shape index (κ2) is 9.44. The van der Waals surface area contributed by atoms with Gasteiger partial charge in [0.05, 0.1) is 13.2 Å². The number of hydrogen-bond donors (Lipinski definition) is 3. The Morgan fingerprint density at radius 1 is 1.38 bits per heavy atom. The Kier molecular flexibility index (Phi) is 7.94. The van der Waals surface area contributed by atoms with Crippen molar-refractivity contribution in [3.05, 3.63) is 29.6 Å². The minimum atomic E-state index is -0.559. The average molecular weight is 342 g/mol. The average Bonchev–Trinajstić information content (AvgIpc) is 2.46. The number of carbonyl (C=O) groups excluding carboxylic acids is 1. The van der Waals surface area contributed by atoms with Crippen molar-refractivity contribution >= 4 is 6.09 Å². The van der Waals surface area contributed by atoms with E-state index < -0.39 is 11.7 Å². The number of halogens is 1. The summed E-state index contributed by atoms with van der Waals surface area (Å²) in [6.07, 6.45) is -0.832. The van der Waals surface area contributed by atoms with Gasteiger partial charge in [-0.15, -0.1) is 0 Å². The second-order valence-electron chi connectivity index (χ2n) is 6.46. The van der Waals surface area contributed by atoms with Crippen molar-refractivity contribution in [1.29, 1.82) is 0 Å². The zero-order chi connectivity index (χ0) is 18.2. The number of benzene rings is 1. The van der Waals surface area contributed by atoms with E-state index in [-0.39, 0.29) is 25.1 Å². The molecule has 0 radical (unpaired) electrons. The number of carbonyl (C=O) groups is 1. The van der Waals surface area contributed by atoms with Gasteiger partial charge in [0.25, 0.3) is 0 Å². The molecule has 0 heterocycles. The lowest BCUT2D eigenvalue weighted by Crippen LogP contribution is -2.37. The summed E-state index contributed by atoms with van der Waals surface area (Å²) >= 11 is 0. The maximum atomic E-state index is 13.4. The molecule has 1 atom stereocenters. The van der Waals surface area contributed by atoms with Gasteiger partial charge >= 0.3 is 6.09 Å². The van der Waals surface area contributed by atoms with Crippen molar-refractivity contribution in [2.75, 3.05) is 19.7 Å². The number of aliphatic hydroxyl groups excluding tert-OH is 1. The minimum absolute atomic E-state index is 0.00170. The van der Waals surface area contributed by atoms with Crippen LogP contribution in [-0.2, 0) is 11.3 Å². The Hall–Kier alpha value is -1.86. The Morgan fingerprint density at radius 2 is 2.08 bits per heavy atom. The van der Waals surface area contributed by atoms with E-state index in [1.165, 1.54) is 12.1 Å². The molecule has 0 aliphatic heterocycles. The van der Waals surface area contributed by atoms with Crippen LogP contribution in [0.1, 0.15) is 33.3 Å². The molecule has 0 aliphatic rings. The van der Waals surface area contributed by atoms with E-state index in [9.17, 15) is 9.18 Å². The Balaban J connectivity index is 2.56. The maximum absolute atomic E-state index is 13.4. The monoisotopic (exact) mass is 342 g/mol. The van der Waals surface area contributed by atoms with Crippen molar-refractivity contribution in [2.45, 2.75) is 45.9 Å². The van der Waals surface area contributed by atoms with Gasteiger partial charge in [-0.25, -0.2) is 9.18 Å². The molecule has 0 spiro atoms. The molecule has 0 bridgehead atoms. The molecule has 1 amide bonds. The van der Waals surface area contributed by atoms with E-state index in [0.717, 1.165) is 0 Å². The molecule has 1 aromatic rings. The summed E-state index contributed by atoms with van der Waals surface area (Å²) in [6.45, 7) is 8.21. The summed E-state index contributed by atoms with van der Waals surface area (Å²) in [5, 5.41) is 14.4. The van der Waals surface area contributed by atoms with Gasteiger partial charge in [-0.2, -0.15) is 0 Å². The van der Waals surface area contributed by atoms with Crippen LogP contribution in [0, 0.1) is 5.82 Å². The lowest BCUT2D eigenvalue weighted by molar-refractivity contribution is 0.0505. The van der Waals surface area contributed by atoms with Gasteiger partial charge in [0, 0.05) is 18.7 Å². The predicted molar refractivity (Wildman–Crippen MR) is 89.5 cm³/mol. The highest BCUT2D eigenvalue weighted by Crippen LogP contribution is 2.21. The van der Waals surface area contributed by atoms with Gasteiger partial charge in [-0.1, -0.05) is 0 Å². The summed E-state index contributed by atoms with van der Waals surface area (Å²) in [6, 6.07) is 4.25. The van der Waals surface area contributed by atoms with Crippen LogP contribution >= 0.6 is 0 Å². The molecule has 0 aromatic heterocycles. The van der Waals surface area contributed by atoms with E-state index in [2.05, 4.69) is 10.6 Å². The number of ether oxygens (including phenoxy) is 2. The fourth-order valence-electron chi connectivity index (χ4n) is 1.90. The second-order valence-corrected chi connectivity index (χ2v) is 6.46. The summed E-state index contributed by atoms with van der Waals surface area (Å²) < 4.78 is 24.3. The first-order valence-corrected chi connectivity index (χ1v) is 7.95. The molecule has 6 nitrogen and oxygen atoms in total. The van der Waals surface area contributed by atoms with Crippen LogP contribution in [0.15, 0.2) is 18.2 Å². The largest absolute Gasteiger partial charge is 0.489 e. The standard InChI is InChI=1S/C17H27FN2O4/c1-12(10-20-16(22)24-17(2,3)4)23-15-6-5-14(18)9-13(15)11-19-7-8-21/h5-6,9,12,19,21H,7-8,10-11H2,1-4H3,(H,20,22)/t12-/m0/s1. The lowest BCUT2D eigenvalue weighted by atomic mass is 10.2. The first kappa shape index (κ1) is 20.2. The molecule has 0 saturated carbocycles. The Bertz CT molecular complexity index is 532. The number of alkyl carbamates (subject to hydrolysis) is 1. The smallest absolute Gasteiger partial charge is 0.407 e. The van der Waals surface area contributed by atoms with Crippen LogP contribution in [0.3, 0.4) is 0 Å². The van der Waals surface area contributed by atoms with Gasteiger partial charge in [-0.05, 0) is 45.9 Å². The first-order valence-electron chi connectivity index (χ1n) is 7.95. The van der Waals surface area contributed by atoms with Crippen LogP contribution < -0.4 is 15.4 Å². The topological polar surface area (TPSA) is 79.8 Å². The molecule has 1 aromatic carbocycles. The number of aliphatic hydroxyl groups is 1. The molecule has 7 heteroatoms. The number of rotatable bonds is 8. The molecule has 1 rings (SSSR count). The molecule has 0 fully saturated rings. The zero-order valence-corrected chi connectivity index (χ0v) is 14.7. The van der Waals surface area contributed by atoms with Gasteiger partial charge in [0.1, 0.15) is 23.3 Å². The summed E-state index contributed by atoms with van der Waals surface area (Å²) in [5.74, 6) is 0.169. The minimum Gasteiger partial charge on any atom is -0.489 e. The fourth-order valence-corrected chi connectivity index (χ4v) is 1.90. The first-order chi connectivity index (χ1) is 11.2. The third kappa shape index (κ3) is 8.12. The van der Waals surface area contributed by atoms with Crippen LogP contribution in [0.4, 0.5) is 9.18 Å². The highest BCUT2D eigenvalue weighted by Gasteiger charge is 2.17. The normalized spacial score (nSPS) is 12.6. The van der Waals surface area contributed by atoms with Gasteiger partial charge in [-0.3, -0.25) is 0 Å². The molecule has 0 aliphatic carbocycles. The third-order valence-electron chi connectivity index (χ3n) is 2.89. The van der Waals surface area contributed by atoms with Crippen molar-refractivity contribution in [3.8, 4) is 5.75 Å². The predicted octanol–water partition coefficient (Wildman–Crippen LogP) is 2.20. The Morgan fingerprint density at radius 3 is 2.71 bits per heavy atom. The SMILES string of the molecule is C[C@@H](CNC(=O)OC(C)(C)C)Oc1ccc(F)cc1CNCCO. The fraction of sp³-hybridized carbons (Fsp3) is 0.588. The molecule has 136 valence electrons. The van der Waals surface area contributed by atoms with Crippen molar-refractivity contribution in [1.82, 2.24) is 10.6 Å². The highest BCUT2D eigenvalue weighted by molar-refractivity contribution is 5.67. The van der Waals surface area contributed by atoms with E-state index in [1.54, 1.807) is 33.8 Å². The number of nitrogens with one attached hydrogen (secondary N) is 2. The molecular formula is C17H27FN2O4. The van der Waals surface area contributed by atoms with Crippen LogP contribution in [-0.4, -0.2) is 42.6 Å². The third-order valence-corrected chi connectivity index (χ3v) is 2.89. The zero-order valence-electron chi connectivity index (χ0n) is 14.7. The van der Waals surface area contributed by atoms with E-state index in [0.29, 0.717) is 24.4 Å².